The third-order valence-corrected chi connectivity index (χ3v) is 4.82. The molecule has 30 heavy (non-hydrogen) atoms. The number of hydrogen-bond acceptors (Lipinski definition) is 7. The third kappa shape index (κ3) is 4.72. The summed E-state index contributed by atoms with van der Waals surface area (Å²) in [5, 5.41) is 4.55. The van der Waals surface area contributed by atoms with Crippen LogP contribution >= 0.6 is 0 Å². The molecule has 8 amide bonds. The number of imide groups is 2. The van der Waals surface area contributed by atoms with Crippen molar-refractivity contribution in [1.82, 2.24) is 30.2 Å². The van der Waals surface area contributed by atoms with Gasteiger partial charge in [0.05, 0.1) is 0 Å². The molecule has 2 saturated heterocycles. The summed E-state index contributed by atoms with van der Waals surface area (Å²) >= 11 is 0. The normalized spacial score (nSPS) is 18.5. The van der Waals surface area contributed by atoms with Gasteiger partial charge in [0.1, 0.15) is 12.3 Å². The van der Waals surface area contributed by atoms with Gasteiger partial charge in [0.2, 0.25) is 0 Å². The van der Waals surface area contributed by atoms with Crippen LogP contribution in [0.3, 0.4) is 0 Å². The minimum Gasteiger partial charge on any atom is -0.335 e. The van der Waals surface area contributed by atoms with Crippen molar-refractivity contribution in [3.05, 3.63) is 0 Å². The number of hydrogen-bond donors (Lipinski definition) is 2. The fourth-order valence-electron chi connectivity index (χ4n) is 3.00. The van der Waals surface area contributed by atoms with Gasteiger partial charge >= 0.3 is 35.7 Å². The van der Waals surface area contributed by atoms with Crippen LogP contribution in [-0.4, -0.2) is 113 Å². The molecule has 1 atom stereocenters. The molecule has 0 bridgehead atoms. The highest BCUT2D eigenvalue weighted by atomic mass is 16.2. The lowest BCUT2D eigenvalue weighted by Crippen LogP contribution is -2.61. The lowest BCUT2D eigenvalue weighted by atomic mass is 10.3. The molecule has 13 heteroatoms. The Balaban J connectivity index is 1.89. The molecule has 0 aliphatic carbocycles. The van der Waals surface area contributed by atoms with Gasteiger partial charge in [-0.1, -0.05) is 0 Å². The van der Waals surface area contributed by atoms with Gasteiger partial charge < -0.3 is 25.2 Å². The zero-order chi connectivity index (χ0) is 22.4. The highest BCUT2D eigenvalue weighted by molar-refractivity contribution is 6.38. The summed E-state index contributed by atoms with van der Waals surface area (Å²) in [5.74, 6) is -3.60. The standard InChI is InChI=1S/C17H24N6O7/c1-3-20-5-7-22(14(27)12(20)25)16(29)18-9-11(10-24)19-17(30)23-8-6-21(4-2)13(26)15(23)28/h10-11H,3-9H2,1-2H3,(H,18,29)(H,19,30). The molecule has 0 saturated carbocycles. The van der Waals surface area contributed by atoms with E-state index in [9.17, 15) is 33.6 Å². The van der Waals surface area contributed by atoms with Crippen molar-refractivity contribution >= 4 is 42.0 Å². The predicted octanol–water partition coefficient (Wildman–Crippen LogP) is -2.65. The highest BCUT2D eigenvalue weighted by Crippen LogP contribution is 2.06. The molecule has 0 spiro atoms. The molecule has 2 rings (SSSR count). The van der Waals surface area contributed by atoms with E-state index in [0.29, 0.717) is 24.3 Å². The maximum atomic E-state index is 12.3. The summed E-state index contributed by atoms with van der Waals surface area (Å²) in [6.07, 6.45) is 0.342. The molecule has 0 radical (unpaired) electrons. The smallest absolute Gasteiger partial charge is 0.325 e. The van der Waals surface area contributed by atoms with Crippen LogP contribution in [-0.2, 0) is 24.0 Å². The van der Waals surface area contributed by atoms with Gasteiger partial charge in [-0.15, -0.1) is 0 Å². The number of carbonyl (C=O) groups is 7. The number of nitrogens with one attached hydrogen (secondary N) is 2. The first-order chi connectivity index (χ1) is 14.2. The summed E-state index contributed by atoms with van der Waals surface area (Å²) in [5.41, 5.74) is 0. The first-order valence-electron chi connectivity index (χ1n) is 9.50. The Bertz CT molecular complexity index is 770. The van der Waals surface area contributed by atoms with Gasteiger partial charge in [0, 0.05) is 45.8 Å². The van der Waals surface area contributed by atoms with Gasteiger partial charge in [-0.3, -0.25) is 29.0 Å². The number of piperazine rings is 2. The molecule has 2 fully saturated rings. The molecule has 164 valence electrons. The van der Waals surface area contributed by atoms with E-state index in [1.165, 1.54) is 9.80 Å². The van der Waals surface area contributed by atoms with E-state index in [2.05, 4.69) is 10.6 Å². The molecular weight excluding hydrogens is 400 g/mol. The summed E-state index contributed by atoms with van der Waals surface area (Å²) < 4.78 is 0. The van der Waals surface area contributed by atoms with E-state index >= 15 is 0 Å². The number of likely N-dealkylation sites (N-methyl/N-ethyl adjacent to an activating group) is 2. The second-order valence-electron chi connectivity index (χ2n) is 6.56. The molecule has 2 aliphatic heterocycles. The maximum absolute atomic E-state index is 12.3. The number of urea groups is 2. The minimum absolute atomic E-state index is 0.000676. The zero-order valence-corrected chi connectivity index (χ0v) is 16.8. The number of amides is 8. The second-order valence-corrected chi connectivity index (χ2v) is 6.56. The van der Waals surface area contributed by atoms with E-state index in [1.54, 1.807) is 13.8 Å². The average Bonchev–Trinajstić information content (AvgIpc) is 2.74. The Labute approximate surface area is 172 Å². The predicted molar refractivity (Wildman–Crippen MR) is 99.7 cm³/mol. The van der Waals surface area contributed by atoms with Crippen molar-refractivity contribution in [3.8, 4) is 0 Å². The molecule has 0 aromatic heterocycles. The minimum atomic E-state index is -1.21. The van der Waals surface area contributed by atoms with E-state index < -0.39 is 41.7 Å². The van der Waals surface area contributed by atoms with Gasteiger partial charge in [-0.05, 0) is 13.8 Å². The Morgan fingerprint density at radius 2 is 1.30 bits per heavy atom. The molecule has 0 aromatic rings. The SMILES string of the molecule is CCN1CCN(C(=O)NCC(C=O)NC(=O)N2CCN(CC)C(=O)C2=O)C(=O)C1=O. The topological polar surface area (TPSA) is 157 Å². The lowest BCUT2D eigenvalue weighted by Gasteiger charge is -2.33. The van der Waals surface area contributed by atoms with Crippen molar-refractivity contribution in [3.63, 3.8) is 0 Å². The van der Waals surface area contributed by atoms with Crippen molar-refractivity contribution in [2.45, 2.75) is 19.9 Å². The maximum Gasteiger partial charge on any atom is 0.325 e. The van der Waals surface area contributed by atoms with Crippen LogP contribution in [0.25, 0.3) is 0 Å². The molecule has 13 nitrogen and oxygen atoms in total. The monoisotopic (exact) mass is 424 g/mol. The number of carbonyl (C=O) groups excluding carboxylic acids is 7. The summed E-state index contributed by atoms with van der Waals surface area (Å²) in [6.45, 7) is 4.05. The largest absolute Gasteiger partial charge is 0.335 e. The Hall–Kier alpha value is -3.51. The van der Waals surface area contributed by atoms with Gasteiger partial charge in [-0.2, -0.15) is 0 Å². The van der Waals surface area contributed by atoms with Crippen LogP contribution in [0, 0.1) is 0 Å². The molecule has 0 aromatic carbocycles. The molecule has 1 unspecified atom stereocenters. The Kier molecular flexibility index (Phi) is 7.44. The first-order valence-corrected chi connectivity index (χ1v) is 9.50. The summed E-state index contributed by atoms with van der Waals surface area (Å²) in [7, 11) is 0. The van der Waals surface area contributed by atoms with Gasteiger partial charge in [0.15, 0.2) is 0 Å². The van der Waals surface area contributed by atoms with Gasteiger partial charge in [-0.25, -0.2) is 9.59 Å². The van der Waals surface area contributed by atoms with E-state index in [1.807, 2.05) is 0 Å². The molecule has 2 aliphatic rings. The molecular formula is C17H24N6O7. The fraction of sp³-hybridized carbons (Fsp3) is 0.588. The van der Waals surface area contributed by atoms with Crippen LogP contribution in [0.1, 0.15) is 13.8 Å². The Morgan fingerprint density at radius 1 is 0.833 bits per heavy atom. The van der Waals surface area contributed by atoms with E-state index in [4.69, 9.17) is 0 Å². The number of aldehydes is 1. The molecule has 2 heterocycles. The Morgan fingerprint density at radius 3 is 1.73 bits per heavy atom. The van der Waals surface area contributed by atoms with E-state index in [0.717, 1.165) is 4.90 Å². The number of nitrogens with zero attached hydrogens (tertiary/aromatic N) is 4. The van der Waals surface area contributed by atoms with Crippen molar-refractivity contribution < 1.29 is 33.6 Å². The summed E-state index contributed by atoms with van der Waals surface area (Å²) in [4.78, 5) is 87.5. The quantitative estimate of drug-likeness (QED) is 0.348. The van der Waals surface area contributed by atoms with Crippen LogP contribution in [0.15, 0.2) is 0 Å². The van der Waals surface area contributed by atoms with Crippen molar-refractivity contribution in [2.75, 3.05) is 45.8 Å². The lowest BCUT2D eigenvalue weighted by molar-refractivity contribution is -0.153. The van der Waals surface area contributed by atoms with Crippen LogP contribution in [0.2, 0.25) is 0 Å². The first kappa shape index (κ1) is 22.8. The van der Waals surface area contributed by atoms with Crippen LogP contribution in [0.4, 0.5) is 9.59 Å². The summed E-state index contributed by atoms with van der Waals surface area (Å²) in [6, 6.07) is -3.04. The van der Waals surface area contributed by atoms with Crippen LogP contribution < -0.4 is 10.6 Å². The van der Waals surface area contributed by atoms with Crippen molar-refractivity contribution in [2.24, 2.45) is 0 Å². The second kappa shape index (κ2) is 9.80. The van der Waals surface area contributed by atoms with Crippen molar-refractivity contribution in [1.29, 1.82) is 0 Å². The number of rotatable bonds is 6. The average molecular weight is 424 g/mol. The van der Waals surface area contributed by atoms with Gasteiger partial charge in [0.25, 0.3) is 0 Å². The van der Waals surface area contributed by atoms with Crippen LogP contribution in [0.5, 0.6) is 0 Å². The highest BCUT2D eigenvalue weighted by Gasteiger charge is 2.37. The van der Waals surface area contributed by atoms with E-state index in [-0.39, 0.29) is 32.7 Å². The molecule has 2 N–H and O–H groups in total. The third-order valence-electron chi connectivity index (χ3n) is 4.82. The zero-order valence-electron chi connectivity index (χ0n) is 16.8. The fourth-order valence-corrected chi connectivity index (χ4v) is 3.00.